The third kappa shape index (κ3) is 6.07. The molecule has 0 fully saturated rings. The second-order valence-electron chi connectivity index (χ2n) is 7.43. The van der Waals surface area contributed by atoms with Crippen molar-refractivity contribution in [1.82, 2.24) is 15.1 Å². The zero-order valence-corrected chi connectivity index (χ0v) is 18.7. The molecule has 0 spiro atoms. The normalized spacial score (nSPS) is 10.8. The Labute approximate surface area is 187 Å². The summed E-state index contributed by atoms with van der Waals surface area (Å²) in [6.07, 6.45) is 3.22. The smallest absolute Gasteiger partial charge is 0.305 e. The first-order chi connectivity index (χ1) is 15.5. The van der Waals surface area contributed by atoms with Crippen LogP contribution in [-0.2, 0) is 27.3 Å². The highest BCUT2D eigenvalue weighted by Gasteiger charge is 2.15. The van der Waals surface area contributed by atoms with Crippen LogP contribution < -0.4 is 5.32 Å². The van der Waals surface area contributed by atoms with Crippen molar-refractivity contribution in [1.29, 1.82) is 0 Å². The Morgan fingerprint density at radius 2 is 1.94 bits per heavy atom. The van der Waals surface area contributed by atoms with Crippen LogP contribution in [-0.4, -0.2) is 41.9 Å². The molecule has 1 N–H and O–H groups in total. The molecule has 2 heterocycles. The van der Waals surface area contributed by atoms with Crippen LogP contribution in [0.3, 0.4) is 0 Å². The minimum atomic E-state index is -0.240. The van der Waals surface area contributed by atoms with Crippen LogP contribution in [0.1, 0.15) is 45.9 Å². The molecule has 0 aliphatic heterocycles. The van der Waals surface area contributed by atoms with Gasteiger partial charge < -0.3 is 19.2 Å². The predicted octanol–water partition coefficient (Wildman–Crippen LogP) is 3.52. The van der Waals surface area contributed by atoms with Crippen LogP contribution in [0.2, 0.25) is 0 Å². The van der Waals surface area contributed by atoms with Crippen molar-refractivity contribution in [3.63, 3.8) is 0 Å². The molecule has 0 aliphatic carbocycles. The van der Waals surface area contributed by atoms with Crippen molar-refractivity contribution >= 4 is 11.9 Å². The summed E-state index contributed by atoms with van der Waals surface area (Å²) in [6, 6.07) is 11.0. The van der Waals surface area contributed by atoms with Gasteiger partial charge in [0.05, 0.1) is 24.8 Å². The zero-order valence-electron chi connectivity index (χ0n) is 18.7. The fraction of sp³-hybridized carbons (Fsp3) is 0.375. The molecular formula is C24H29N3O5. The molecule has 1 amide bonds. The van der Waals surface area contributed by atoms with E-state index < -0.39 is 0 Å². The molecule has 3 rings (SSSR count). The summed E-state index contributed by atoms with van der Waals surface area (Å²) in [5.41, 5.74) is 4.32. The van der Waals surface area contributed by atoms with Gasteiger partial charge in [0.15, 0.2) is 0 Å². The van der Waals surface area contributed by atoms with E-state index in [0.29, 0.717) is 44.6 Å². The maximum atomic E-state index is 12.4. The zero-order chi connectivity index (χ0) is 22.9. The van der Waals surface area contributed by atoms with Crippen molar-refractivity contribution in [3.05, 3.63) is 70.9 Å². The number of aromatic nitrogens is 2. The van der Waals surface area contributed by atoms with Crippen LogP contribution in [0, 0.1) is 13.8 Å². The topological polar surface area (TPSA) is 95.6 Å². The van der Waals surface area contributed by atoms with Gasteiger partial charge in [-0.2, -0.15) is 5.10 Å². The lowest BCUT2D eigenvalue weighted by atomic mass is 10.1. The number of ether oxygens (including phenoxy) is 2. The largest absolute Gasteiger partial charge is 0.469 e. The SMILES string of the molecule is COC(=O)CCc1c(C)nn(-c2ccc(C(=O)NCCCOCc3ccco3)cc2)c1C. The number of rotatable bonds is 11. The van der Waals surface area contributed by atoms with Gasteiger partial charge in [-0.3, -0.25) is 9.59 Å². The van der Waals surface area contributed by atoms with Gasteiger partial charge in [-0.15, -0.1) is 0 Å². The quantitative estimate of drug-likeness (QED) is 0.363. The Balaban J connectivity index is 1.50. The predicted molar refractivity (Wildman–Crippen MR) is 119 cm³/mol. The van der Waals surface area contributed by atoms with Crippen molar-refractivity contribution in [3.8, 4) is 5.69 Å². The Bertz CT molecular complexity index is 1020. The highest BCUT2D eigenvalue weighted by molar-refractivity contribution is 5.94. The van der Waals surface area contributed by atoms with E-state index in [1.54, 1.807) is 18.4 Å². The lowest BCUT2D eigenvalue weighted by Crippen LogP contribution is -2.25. The van der Waals surface area contributed by atoms with Gasteiger partial charge in [-0.05, 0) is 68.7 Å². The van der Waals surface area contributed by atoms with E-state index in [9.17, 15) is 9.59 Å². The number of benzene rings is 1. The molecule has 32 heavy (non-hydrogen) atoms. The van der Waals surface area contributed by atoms with Crippen LogP contribution >= 0.6 is 0 Å². The van der Waals surface area contributed by atoms with E-state index >= 15 is 0 Å². The van der Waals surface area contributed by atoms with Crippen LogP contribution in [0.25, 0.3) is 5.69 Å². The van der Waals surface area contributed by atoms with Crippen molar-refractivity contribution in [2.75, 3.05) is 20.3 Å². The fourth-order valence-electron chi connectivity index (χ4n) is 3.42. The van der Waals surface area contributed by atoms with Crippen molar-refractivity contribution in [2.24, 2.45) is 0 Å². The average molecular weight is 440 g/mol. The number of carbonyl (C=O) groups is 2. The molecule has 0 radical (unpaired) electrons. The molecule has 170 valence electrons. The van der Waals surface area contributed by atoms with Gasteiger partial charge in [0.2, 0.25) is 0 Å². The van der Waals surface area contributed by atoms with E-state index in [1.165, 1.54) is 7.11 Å². The number of methoxy groups -OCH3 is 1. The molecule has 0 saturated heterocycles. The number of nitrogens with zero attached hydrogens (tertiary/aromatic N) is 2. The van der Waals surface area contributed by atoms with Gasteiger partial charge in [0, 0.05) is 30.8 Å². The first-order valence-electron chi connectivity index (χ1n) is 10.6. The number of amides is 1. The Hall–Kier alpha value is -3.39. The van der Waals surface area contributed by atoms with Gasteiger partial charge in [-0.25, -0.2) is 4.68 Å². The maximum absolute atomic E-state index is 12.4. The number of hydrogen-bond donors (Lipinski definition) is 1. The minimum Gasteiger partial charge on any atom is -0.469 e. The lowest BCUT2D eigenvalue weighted by molar-refractivity contribution is -0.140. The van der Waals surface area contributed by atoms with Gasteiger partial charge in [-0.1, -0.05) is 0 Å². The molecule has 0 saturated carbocycles. The second kappa shape index (κ2) is 11.3. The Kier molecular flexibility index (Phi) is 8.21. The number of furan rings is 1. The molecular weight excluding hydrogens is 410 g/mol. The van der Waals surface area contributed by atoms with E-state index in [4.69, 9.17) is 13.9 Å². The third-order valence-corrected chi connectivity index (χ3v) is 5.20. The van der Waals surface area contributed by atoms with E-state index in [1.807, 2.05) is 42.8 Å². The summed E-state index contributed by atoms with van der Waals surface area (Å²) in [5.74, 6) is 0.415. The highest BCUT2D eigenvalue weighted by atomic mass is 16.5. The molecule has 0 aliphatic rings. The standard InChI is InChI=1S/C24H29N3O5/c1-17-22(11-12-23(28)30-3)18(2)27(26-17)20-9-7-19(8-10-20)24(29)25-13-5-14-31-16-21-6-4-15-32-21/h4,6-10,15H,5,11-14,16H2,1-3H3,(H,25,29). The van der Waals surface area contributed by atoms with Gasteiger partial charge in [0.25, 0.3) is 5.91 Å². The van der Waals surface area contributed by atoms with Crippen molar-refractivity contribution in [2.45, 2.75) is 39.7 Å². The number of aryl methyl sites for hydroxylation is 1. The van der Waals surface area contributed by atoms with Crippen molar-refractivity contribution < 1.29 is 23.5 Å². The number of carbonyl (C=O) groups excluding carboxylic acids is 2. The van der Waals surface area contributed by atoms with E-state index in [0.717, 1.165) is 28.4 Å². The number of esters is 1. The fourth-order valence-corrected chi connectivity index (χ4v) is 3.42. The molecule has 0 unspecified atom stereocenters. The Morgan fingerprint density at radius 1 is 1.16 bits per heavy atom. The number of nitrogens with one attached hydrogen (secondary N) is 1. The van der Waals surface area contributed by atoms with Gasteiger partial charge in [0.1, 0.15) is 12.4 Å². The highest BCUT2D eigenvalue weighted by Crippen LogP contribution is 2.20. The summed E-state index contributed by atoms with van der Waals surface area (Å²) in [7, 11) is 1.39. The second-order valence-corrected chi connectivity index (χ2v) is 7.43. The van der Waals surface area contributed by atoms with E-state index in [2.05, 4.69) is 10.4 Å². The minimum absolute atomic E-state index is 0.130. The van der Waals surface area contributed by atoms with Crippen LogP contribution in [0.15, 0.2) is 47.1 Å². The lowest BCUT2D eigenvalue weighted by Gasteiger charge is -2.08. The van der Waals surface area contributed by atoms with Crippen LogP contribution in [0.4, 0.5) is 0 Å². The van der Waals surface area contributed by atoms with Crippen LogP contribution in [0.5, 0.6) is 0 Å². The first-order valence-corrected chi connectivity index (χ1v) is 10.6. The summed E-state index contributed by atoms with van der Waals surface area (Å²) < 4.78 is 17.3. The molecule has 8 nitrogen and oxygen atoms in total. The molecule has 0 atom stereocenters. The maximum Gasteiger partial charge on any atom is 0.305 e. The first kappa shape index (κ1) is 23.3. The van der Waals surface area contributed by atoms with E-state index in [-0.39, 0.29) is 11.9 Å². The average Bonchev–Trinajstić information content (AvgIpc) is 3.42. The molecule has 0 bridgehead atoms. The summed E-state index contributed by atoms with van der Waals surface area (Å²) >= 11 is 0. The molecule has 8 heteroatoms. The summed E-state index contributed by atoms with van der Waals surface area (Å²) in [5, 5.41) is 7.50. The number of hydrogen-bond acceptors (Lipinski definition) is 6. The monoisotopic (exact) mass is 439 g/mol. The summed E-state index contributed by atoms with van der Waals surface area (Å²) in [4.78, 5) is 23.8. The molecule has 1 aromatic carbocycles. The Morgan fingerprint density at radius 3 is 2.62 bits per heavy atom. The van der Waals surface area contributed by atoms with Gasteiger partial charge >= 0.3 is 5.97 Å². The molecule has 2 aromatic heterocycles. The third-order valence-electron chi connectivity index (χ3n) is 5.20. The summed E-state index contributed by atoms with van der Waals surface area (Å²) in [6.45, 7) is 5.40. The molecule has 3 aromatic rings.